The first-order valence-corrected chi connectivity index (χ1v) is 12.5. The third kappa shape index (κ3) is 10.5. The van der Waals surface area contributed by atoms with Gasteiger partial charge in [-0.15, -0.1) is 0 Å². The molecule has 7 heteroatoms. The zero-order valence-electron chi connectivity index (χ0n) is 21.6. The van der Waals surface area contributed by atoms with Gasteiger partial charge in [-0.05, 0) is 79.5 Å². The van der Waals surface area contributed by atoms with Gasteiger partial charge in [0.05, 0.1) is 19.8 Å². The van der Waals surface area contributed by atoms with Crippen LogP contribution in [0.2, 0.25) is 0 Å². The number of aliphatic hydroxyl groups is 1. The second kappa shape index (κ2) is 15.6. The Labute approximate surface area is 214 Å². The zero-order chi connectivity index (χ0) is 26.3. The van der Waals surface area contributed by atoms with Crippen molar-refractivity contribution in [2.45, 2.75) is 57.5 Å². The van der Waals surface area contributed by atoms with E-state index in [1.54, 1.807) is 26.1 Å². The summed E-state index contributed by atoms with van der Waals surface area (Å²) >= 11 is 0. The van der Waals surface area contributed by atoms with Crippen LogP contribution < -0.4 is 9.47 Å². The van der Waals surface area contributed by atoms with Crippen LogP contribution in [0.5, 0.6) is 11.5 Å². The Morgan fingerprint density at radius 2 is 1.78 bits per heavy atom. The molecule has 0 fully saturated rings. The predicted octanol–water partition coefficient (Wildman–Crippen LogP) is 5.27. The monoisotopic (exact) mass is 497 g/mol. The summed E-state index contributed by atoms with van der Waals surface area (Å²) < 4.78 is 11.1. The first-order valence-electron chi connectivity index (χ1n) is 12.5. The van der Waals surface area contributed by atoms with E-state index < -0.39 is 12.1 Å². The fraction of sp³-hybridized carbons (Fsp3) is 0.448. The lowest BCUT2D eigenvalue weighted by Gasteiger charge is -2.16. The smallest absolute Gasteiger partial charge is 0.303 e. The summed E-state index contributed by atoms with van der Waals surface area (Å²) in [5, 5.41) is 19.7. The Morgan fingerprint density at radius 1 is 1.03 bits per heavy atom. The van der Waals surface area contributed by atoms with E-state index in [0.717, 1.165) is 36.1 Å². The molecular weight excluding hydrogens is 458 g/mol. The number of aliphatic hydroxyl groups excluding tert-OH is 1. The number of carbonyl (C=O) groups excluding carboxylic acids is 1. The maximum atomic E-state index is 11.7. The van der Waals surface area contributed by atoms with Crippen molar-refractivity contribution in [3.05, 3.63) is 65.2 Å². The number of hydrogen-bond acceptors (Lipinski definition) is 5. The number of rotatable bonds is 16. The molecule has 2 rings (SSSR count). The number of unbranched alkanes of at least 4 members (excludes halogenated alkanes) is 2. The summed E-state index contributed by atoms with van der Waals surface area (Å²) in [6.07, 6.45) is 8.03. The van der Waals surface area contributed by atoms with Gasteiger partial charge < -0.3 is 24.6 Å². The molecule has 196 valence electrons. The number of nitrogens with zero attached hydrogens (tertiary/aromatic N) is 1. The van der Waals surface area contributed by atoms with E-state index in [-0.39, 0.29) is 12.3 Å². The van der Waals surface area contributed by atoms with Gasteiger partial charge in [-0.25, -0.2) is 0 Å². The summed E-state index contributed by atoms with van der Waals surface area (Å²) in [6, 6.07) is 13.4. The number of carbonyl (C=O) groups is 2. The van der Waals surface area contributed by atoms with Crippen LogP contribution in [0.1, 0.15) is 67.7 Å². The lowest BCUT2D eigenvalue weighted by molar-refractivity contribution is -0.137. The van der Waals surface area contributed by atoms with Gasteiger partial charge in [-0.2, -0.15) is 0 Å². The third-order valence-corrected chi connectivity index (χ3v) is 5.89. The molecule has 2 N–H and O–H groups in total. The van der Waals surface area contributed by atoms with Crippen LogP contribution in [0.25, 0.3) is 6.08 Å². The van der Waals surface area contributed by atoms with Crippen LogP contribution in [0, 0.1) is 0 Å². The highest BCUT2D eigenvalue weighted by Gasteiger charge is 2.14. The lowest BCUT2D eigenvalue weighted by Crippen LogP contribution is -2.21. The Kier molecular flexibility index (Phi) is 12.6. The molecular formula is C29H39NO6. The molecule has 0 saturated carbocycles. The van der Waals surface area contributed by atoms with Gasteiger partial charge in [0.1, 0.15) is 11.5 Å². The molecule has 36 heavy (non-hydrogen) atoms. The molecule has 7 nitrogen and oxygen atoms in total. The van der Waals surface area contributed by atoms with Gasteiger partial charge >= 0.3 is 5.97 Å². The summed E-state index contributed by atoms with van der Waals surface area (Å²) in [7, 11) is 5.08. The normalized spacial score (nSPS) is 11.9. The molecule has 0 bridgehead atoms. The lowest BCUT2D eigenvalue weighted by atomic mass is 9.99. The number of hydrogen-bond donors (Lipinski definition) is 2. The van der Waals surface area contributed by atoms with Crippen molar-refractivity contribution in [1.29, 1.82) is 0 Å². The number of carboxylic acid groups (broad SMARTS) is 1. The number of amides is 1. The Hall–Kier alpha value is -3.32. The number of methoxy groups -OCH3 is 1. The van der Waals surface area contributed by atoms with Crippen molar-refractivity contribution in [2.75, 3.05) is 27.8 Å². The number of ether oxygens (including phenoxy) is 2. The maximum Gasteiger partial charge on any atom is 0.303 e. The van der Waals surface area contributed by atoms with E-state index in [9.17, 15) is 14.7 Å². The minimum absolute atomic E-state index is 0.0105. The van der Waals surface area contributed by atoms with Crippen molar-refractivity contribution >= 4 is 18.0 Å². The minimum Gasteiger partial charge on any atom is -0.497 e. The molecule has 2 aromatic rings. The first kappa shape index (κ1) is 28.9. The van der Waals surface area contributed by atoms with E-state index in [4.69, 9.17) is 14.6 Å². The highest BCUT2D eigenvalue weighted by Crippen LogP contribution is 2.27. The summed E-state index contributed by atoms with van der Waals surface area (Å²) in [5.41, 5.74) is 2.61. The molecule has 0 spiro atoms. The highest BCUT2D eigenvalue weighted by molar-refractivity contribution is 5.75. The second-order valence-corrected chi connectivity index (χ2v) is 8.98. The van der Waals surface area contributed by atoms with Gasteiger partial charge in [0.25, 0.3) is 0 Å². The molecule has 0 aliphatic carbocycles. The quantitative estimate of drug-likeness (QED) is 0.307. The Balaban J connectivity index is 1.84. The fourth-order valence-corrected chi connectivity index (χ4v) is 3.70. The van der Waals surface area contributed by atoms with Gasteiger partial charge in [0.15, 0.2) is 0 Å². The van der Waals surface area contributed by atoms with Crippen LogP contribution in [0.3, 0.4) is 0 Å². The van der Waals surface area contributed by atoms with E-state index in [2.05, 4.69) is 12.2 Å². The van der Waals surface area contributed by atoms with Crippen LogP contribution in [-0.4, -0.2) is 54.8 Å². The van der Waals surface area contributed by atoms with E-state index in [0.29, 0.717) is 43.6 Å². The minimum atomic E-state index is -0.877. The average Bonchev–Trinajstić information content (AvgIpc) is 2.87. The zero-order valence-corrected chi connectivity index (χ0v) is 21.6. The molecule has 0 heterocycles. The van der Waals surface area contributed by atoms with E-state index in [1.807, 2.05) is 42.5 Å². The van der Waals surface area contributed by atoms with Gasteiger partial charge in [0, 0.05) is 26.9 Å². The van der Waals surface area contributed by atoms with Gasteiger partial charge in [-0.1, -0.05) is 30.4 Å². The number of benzene rings is 2. The van der Waals surface area contributed by atoms with Gasteiger partial charge in [-0.3, -0.25) is 9.59 Å². The molecule has 0 aromatic heterocycles. The maximum absolute atomic E-state index is 11.7. The molecule has 1 unspecified atom stereocenters. The summed E-state index contributed by atoms with van der Waals surface area (Å²) in [4.78, 5) is 24.4. The summed E-state index contributed by atoms with van der Waals surface area (Å²) in [6.45, 7) is 0.533. The third-order valence-electron chi connectivity index (χ3n) is 5.89. The molecule has 0 radical (unpaired) electrons. The average molecular weight is 498 g/mol. The topological polar surface area (TPSA) is 96.3 Å². The van der Waals surface area contributed by atoms with Crippen LogP contribution in [0.15, 0.2) is 48.5 Å². The predicted molar refractivity (Wildman–Crippen MR) is 141 cm³/mol. The Bertz CT molecular complexity index is 984. The highest BCUT2D eigenvalue weighted by atomic mass is 16.5. The van der Waals surface area contributed by atoms with Crippen molar-refractivity contribution in [3.8, 4) is 11.5 Å². The number of allylic oxidation sites excluding steroid dienone is 1. The standard InChI is InChI=1S/C29H39NO6/c1-30(2)28(32)11-8-10-26(31)23-14-18-27(24(21-23)15-19-29(33)34)36-20-7-5-4-6-9-22-12-16-25(35-3)17-13-22/h6,9,12-14,16-18,21,26,31H,4-5,7-8,10-11,15,19-20H2,1-3H3,(H,33,34). The first-order chi connectivity index (χ1) is 17.3. The van der Waals surface area contributed by atoms with E-state index >= 15 is 0 Å². The molecule has 1 amide bonds. The van der Waals surface area contributed by atoms with Crippen molar-refractivity contribution < 1.29 is 29.3 Å². The summed E-state index contributed by atoms with van der Waals surface area (Å²) in [5.74, 6) is 0.650. The number of aliphatic carboxylic acids is 1. The molecule has 1 atom stereocenters. The number of carboxylic acids is 1. The molecule has 0 aliphatic heterocycles. The molecule has 0 aliphatic rings. The van der Waals surface area contributed by atoms with E-state index in [1.165, 1.54) is 0 Å². The van der Waals surface area contributed by atoms with Crippen molar-refractivity contribution in [3.63, 3.8) is 0 Å². The SMILES string of the molecule is COc1ccc(C=CCCCCOc2ccc(C(O)CCCC(=O)N(C)C)cc2CCC(=O)O)cc1. The largest absolute Gasteiger partial charge is 0.497 e. The number of aryl methyl sites for hydroxylation is 1. The van der Waals surface area contributed by atoms with Crippen molar-refractivity contribution in [1.82, 2.24) is 4.90 Å². The van der Waals surface area contributed by atoms with Crippen LogP contribution >= 0.6 is 0 Å². The van der Waals surface area contributed by atoms with Crippen LogP contribution in [0.4, 0.5) is 0 Å². The molecule has 2 aromatic carbocycles. The van der Waals surface area contributed by atoms with Crippen molar-refractivity contribution in [2.24, 2.45) is 0 Å². The fourth-order valence-electron chi connectivity index (χ4n) is 3.70. The second-order valence-electron chi connectivity index (χ2n) is 8.98. The molecule has 0 saturated heterocycles. The Morgan fingerprint density at radius 3 is 2.44 bits per heavy atom. The van der Waals surface area contributed by atoms with Crippen LogP contribution in [-0.2, 0) is 16.0 Å². The van der Waals surface area contributed by atoms with Gasteiger partial charge in [0.2, 0.25) is 5.91 Å².